The Hall–Kier alpha value is -3.12. The first-order valence-corrected chi connectivity index (χ1v) is 11.8. The van der Waals surface area contributed by atoms with Gasteiger partial charge in [-0.3, -0.25) is 9.59 Å². The van der Waals surface area contributed by atoms with E-state index in [2.05, 4.69) is 5.32 Å². The van der Waals surface area contributed by atoms with E-state index in [9.17, 15) is 31.2 Å². The lowest BCUT2D eigenvalue weighted by Gasteiger charge is -2.31. The number of para-hydroxylation sites is 1. The van der Waals surface area contributed by atoms with Crippen LogP contribution in [0.1, 0.15) is 23.2 Å². The number of ether oxygens (including phenoxy) is 1. The van der Waals surface area contributed by atoms with Gasteiger partial charge in [-0.25, -0.2) is 8.42 Å². The lowest BCUT2D eigenvalue weighted by Crippen LogP contribution is -2.43. The predicted molar refractivity (Wildman–Crippen MR) is 118 cm³/mol. The first-order valence-electron chi connectivity index (χ1n) is 10.4. The highest BCUT2D eigenvalue weighted by Crippen LogP contribution is 2.26. The van der Waals surface area contributed by atoms with Gasteiger partial charge in [-0.15, -0.1) is 0 Å². The number of alkyl halides is 3. The van der Waals surface area contributed by atoms with Gasteiger partial charge in [-0.1, -0.05) is 12.1 Å². The number of nitrogens with one attached hydrogen (secondary N) is 2. The van der Waals surface area contributed by atoms with Crippen LogP contribution in [-0.2, 0) is 14.8 Å². The van der Waals surface area contributed by atoms with Crippen LogP contribution in [0.3, 0.4) is 0 Å². The second-order valence-electron chi connectivity index (χ2n) is 7.71. The van der Waals surface area contributed by atoms with Crippen molar-refractivity contribution < 1.29 is 35.9 Å². The first-order chi connectivity index (χ1) is 16.0. The fourth-order valence-corrected chi connectivity index (χ4v) is 5.10. The van der Waals surface area contributed by atoms with E-state index in [4.69, 9.17) is 4.74 Å². The van der Waals surface area contributed by atoms with Gasteiger partial charge in [0.15, 0.2) is 0 Å². The molecule has 0 saturated carbocycles. The smallest absolute Gasteiger partial charge is 0.405 e. The highest BCUT2D eigenvalue weighted by Gasteiger charge is 2.34. The van der Waals surface area contributed by atoms with Crippen LogP contribution >= 0.6 is 0 Å². The average Bonchev–Trinajstić information content (AvgIpc) is 2.82. The van der Waals surface area contributed by atoms with Gasteiger partial charge in [-0.2, -0.15) is 17.5 Å². The largest absolute Gasteiger partial charge is 0.497 e. The minimum atomic E-state index is -4.57. The number of benzene rings is 2. The van der Waals surface area contributed by atoms with Crippen molar-refractivity contribution in [1.82, 2.24) is 9.62 Å². The van der Waals surface area contributed by atoms with Crippen LogP contribution in [0.25, 0.3) is 0 Å². The normalized spacial score (nSPS) is 17.1. The Balaban J connectivity index is 1.71. The molecule has 1 fully saturated rings. The van der Waals surface area contributed by atoms with Crippen molar-refractivity contribution >= 4 is 27.5 Å². The minimum Gasteiger partial charge on any atom is -0.497 e. The summed E-state index contributed by atoms with van der Waals surface area (Å²) in [7, 11) is -2.37. The number of carbonyl (C=O) groups is 2. The number of hydrogen-bond acceptors (Lipinski definition) is 5. The van der Waals surface area contributed by atoms with Crippen LogP contribution in [0, 0.1) is 5.92 Å². The number of carbonyl (C=O) groups excluding carboxylic acids is 2. The third-order valence-electron chi connectivity index (χ3n) is 5.33. The molecule has 34 heavy (non-hydrogen) atoms. The van der Waals surface area contributed by atoms with Gasteiger partial charge in [0.2, 0.25) is 15.9 Å². The third-order valence-corrected chi connectivity index (χ3v) is 7.21. The fourth-order valence-electron chi connectivity index (χ4n) is 3.57. The number of piperidine rings is 1. The van der Waals surface area contributed by atoms with E-state index >= 15 is 0 Å². The summed E-state index contributed by atoms with van der Waals surface area (Å²) < 4.78 is 69.6. The summed E-state index contributed by atoms with van der Waals surface area (Å²) in [5.41, 5.74) is -0.0825. The highest BCUT2D eigenvalue weighted by molar-refractivity contribution is 7.89. The molecule has 0 spiro atoms. The van der Waals surface area contributed by atoms with Gasteiger partial charge < -0.3 is 15.4 Å². The molecule has 2 N–H and O–H groups in total. The number of anilines is 1. The summed E-state index contributed by atoms with van der Waals surface area (Å²) in [4.78, 5) is 25.2. The molecule has 0 bridgehead atoms. The van der Waals surface area contributed by atoms with Crippen LogP contribution in [0.15, 0.2) is 53.4 Å². The van der Waals surface area contributed by atoms with Crippen molar-refractivity contribution in [2.24, 2.45) is 5.92 Å². The Labute approximate surface area is 195 Å². The van der Waals surface area contributed by atoms with Crippen LogP contribution < -0.4 is 15.4 Å². The molecule has 1 heterocycles. The van der Waals surface area contributed by atoms with E-state index in [-0.39, 0.29) is 29.2 Å². The first kappa shape index (κ1) is 25.5. The lowest BCUT2D eigenvalue weighted by molar-refractivity contribution is -0.123. The Morgan fingerprint density at radius 3 is 2.44 bits per heavy atom. The van der Waals surface area contributed by atoms with Crippen molar-refractivity contribution in [2.75, 3.05) is 32.1 Å². The van der Waals surface area contributed by atoms with Gasteiger partial charge in [0.05, 0.1) is 29.2 Å². The number of nitrogens with zero attached hydrogens (tertiary/aromatic N) is 1. The molecule has 0 radical (unpaired) electrons. The molecule has 1 aliphatic rings. The summed E-state index contributed by atoms with van der Waals surface area (Å²) >= 11 is 0. The number of methoxy groups -OCH3 is 1. The van der Waals surface area contributed by atoms with Crippen molar-refractivity contribution in [3.63, 3.8) is 0 Å². The van der Waals surface area contributed by atoms with Crippen molar-refractivity contribution in [3.05, 3.63) is 54.1 Å². The molecule has 184 valence electrons. The topological polar surface area (TPSA) is 105 Å². The maximum absolute atomic E-state index is 13.0. The second kappa shape index (κ2) is 10.4. The van der Waals surface area contributed by atoms with Crippen LogP contribution in [-0.4, -0.2) is 57.5 Å². The summed E-state index contributed by atoms with van der Waals surface area (Å²) in [5.74, 6) is -1.70. The molecule has 1 saturated heterocycles. The molecule has 0 aliphatic carbocycles. The van der Waals surface area contributed by atoms with Crippen LogP contribution in [0.4, 0.5) is 18.9 Å². The Bertz CT molecular complexity index is 1140. The second-order valence-corrected chi connectivity index (χ2v) is 9.65. The molecular formula is C22H24F3N3O5S. The molecule has 1 aliphatic heterocycles. The summed E-state index contributed by atoms with van der Waals surface area (Å²) in [6.45, 7) is -1.33. The zero-order valence-electron chi connectivity index (χ0n) is 18.3. The summed E-state index contributed by atoms with van der Waals surface area (Å²) in [5, 5.41) is 4.34. The lowest BCUT2D eigenvalue weighted by atomic mass is 9.98. The van der Waals surface area contributed by atoms with E-state index in [0.717, 1.165) is 0 Å². The third kappa shape index (κ3) is 6.26. The quantitative estimate of drug-likeness (QED) is 0.610. The van der Waals surface area contributed by atoms with Gasteiger partial charge in [0.25, 0.3) is 5.91 Å². The number of sulfonamides is 1. The SMILES string of the molecule is COc1ccc(S(=O)(=O)N2CCCC(C(=O)Nc3ccccc3C(=O)NCC(F)(F)F)C2)cc1. The molecule has 2 aromatic carbocycles. The van der Waals surface area contributed by atoms with E-state index in [1.807, 2.05) is 0 Å². The molecule has 3 rings (SSSR count). The van der Waals surface area contributed by atoms with Gasteiger partial charge in [0.1, 0.15) is 12.3 Å². The van der Waals surface area contributed by atoms with E-state index < -0.39 is 40.5 Å². The monoisotopic (exact) mass is 499 g/mol. The Kier molecular flexibility index (Phi) is 7.82. The molecule has 8 nitrogen and oxygen atoms in total. The predicted octanol–water partition coefficient (Wildman–Crippen LogP) is 3.03. The minimum absolute atomic E-state index is 0.0438. The zero-order chi connectivity index (χ0) is 24.9. The maximum Gasteiger partial charge on any atom is 0.405 e. The standard InChI is InChI=1S/C22H24F3N3O5S/c1-33-16-8-10-17(11-9-16)34(31,32)28-12-4-5-15(13-28)20(29)27-19-7-3-2-6-18(19)21(30)26-14-22(23,24)25/h2-3,6-11,15H,4-5,12-14H2,1H3,(H,26,30)(H,27,29). The molecule has 0 aromatic heterocycles. The molecule has 2 aromatic rings. The highest BCUT2D eigenvalue weighted by atomic mass is 32.2. The Morgan fingerprint density at radius 1 is 1.12 bits per heavy atom. The van der Waals surface area contributed by atoms with E-state index in [1.165, 1.54) is 59.9 Å². The van der Waals surface area contributed by atoms with Crippen LogP contribution in [0.2, 0.25) is 0 Å². The fraction of sp³-hybridized carbons (Fsp3) is 0.364. The zero-order valence-corrected chi connectivity index (χ0v) is 19.1. The number of rotatable bonds is 7. The average molecular weight is 500 g/mol. The summed E-state index contributed by atoms with van der Waals surface area (Å²) in [6, 6.07) is 11.6. The van der Waals surface area contributed by atoms with Crippen molar-refractivity contribution in [2.45, 2.75) is 23.9 Å². The van der Waals surface area contributed by atoms with Crippen molar-refractivity contribution in [3.8, 4) is 5.75 Å². The van der Waals surface area contributed by atoms with E-state index in [1.54, 1.807) is 5.32 Å². The van der Waals surface area contributed by atoms with Crippen molar-refractivity contribution in [1.29, 1.82) is 0 Å². The van der Waals surface area contributed by atoms with Gasteiger partial charge in [0, 0.05) is 13.1 Å². The molecule has 2 amide bonds. The number of halogens is 3. The summed E-state index contributed by atoms with van der Waals surface area (Å²) in [6.07, 6.45) is -3.71. The van der Waals surface area contributed by atoms with E-state index in [0.29, 0.717) is 18.6 Å². The number of hydrogen-bond donors (Lipinski definition) is 2. The van der Waals surface area contributed by atoms with Crippen LogP contribution in [0.5, 0.6) is 5.75 Å². The Morgan fingerprint density at radius 2 is 1.79 bits per heavy atom. The van der Waals surface area contributed by atoms with Gasteiger partial charge in [-0.05, 0) is 49.2 Å². The van der Waals surface area contributed by atoms with Gasteiger partial charge >= 0.3 is 6.18 Å². The maximum atomic E-state index is 13.0. The molecule has 1 unspecified atom stereocenters. The molecular weight excluding hydrogens is 475 g/mol. The molecule has 1 atom stereocenters. The molecule has 12 heteroatoms. The number of amides is 2.